The number of fused-ring (bicyclic) bond motifs is 1. The normalized spacial score (nSPS) is 12.3. The molecule has 0 spiro atoms. The molecular formula is C14H12BFO5. The van der Waals surface area contributed by atoms with Crippen LogP contribution in [-0.2, 0) is 6.61 Å². The van der Waals surface area contributed by atoms with E-state index in [4.69, 9.17) is 24.3 Å². The molecular weight excluding hydrogens is 278 g/mol. The Balaban J connectivity index is 1.71. The Kier molecular flexibility index (Phi) is 3.68. The molecule has 0 amide bonds. The first-order chi connectivity index (χ1) is 10.1. The predicted molar refractivity (Wildman–Crippen MR) is 73.1 cm³/mol. The Hall–Kier alpha value is -2.25. The summed E-state index contributed by atoms with van der Waals surface area (Å²) in [6.07, 6.45) is 0. The second-order valence-corrected chi connectivity index (χ2v) is 4.53. The van der Waals surface area contributed by atoms with Gasteiger partial charge in [-0.3, -0.25) is 0 Å². The summed E-state index contributed by atoms with van der Waals surface area (Å²) in [5, 5.41) is 18.1. The predicted octanol–water partition coefficient (Wildman–Crippen LogP) is 0.813. The molecule has 0 bridgehead atoms. The smallest absolute Gasteiger partial charge is 0.489 e. The van der Waals surface area contributed by atoms with Gasteiger partial charge in [0, 0.05) is 11.5 Å². The van der Waals surface area contributed by atoms with Gasteiger partial charge in [0.2, 0.25) is 6.79 Å². The van der Waals surface area contributed by atoms with Gasteiger partial charge in [-0.15, -0.1) is 0 Å². The number of rotatable bonds is 4. The van der Waals surface area contributed by atoms with Gasteiger partial charge in [0.25, 0.3) is 0 Å². The second-order valence-electron chi connectivity index (χ2n) is 4.53. The van der Waals surface area contributed by atoms with E-state index >= 15 is 0 Å². The zero-order valence-electron chi connectivity index (χ0n) is 11.0. The molecule has 0 saturated carbocycles. The van der Waals surface area contributed by atoms with Crippen molar-refractivity contribution in [3.05, 3.63) is 47.8 Å². The van der Waals surface area contributed by atoms with Crippen LogP contribution in [0.15, 0.2) is 36.4 Å². The molecule has 0 aromatic heterocycles. The molecule has 21 heavy (non-hydrogen) atoms. The van der Waals surface area contributed by atoms with Crippen LogP contribution in [0.2, 0.25) is 0 Å². The zero-order chi connectivity index (χ0) is 14.8. The van der Waals surface area contributed by atoms with Crippen molar-refractivity contribution in [2.75, 3.05) is 6.79 Å². The Labute approximate surface area is 120 Å². The second kappa shape index (κ2) is 5.63. The summed E-state index contributed by atoms with van der Waals surface area (Å²) in [6, 6.07) is 9.23. The summed E-state index contributed by atoms with van der Waals surface area (Å²) in [6.45, 7) is 0.355. The van der Waals surface area contributed by atoms with Crippen LogP contribution >= 0.6 is 0 Å². The minimum atomic E-state index is -1.85. The molecule has 108 valence electrons. The number of ether oxygens (including phenoxy) is 3. The molecule has 1 heterocycles. The largest absolute Gasteiger partial charge is 0.491 e. The van der Waals surface area contributed by atoms with Gasteiger partial charge in [0.15, 0.2) is 11.5 Å². The third-order valence-electron chi connectivity index (χ3n) is 3.09. The highest BCUT2D eigenvalue weighted by atomic mass is 19.1. The van der Waals surface area contributed by atoms with Gasteiger partial charge in [-0.25, -0.2) is 4.39 Å². The fraction of sp³-hybridized carbons (Fsp3) is 0.143. The topological polar surface area (TPSA) is 68.2 Å². The fourth-order valence-corrected chi connectivity index (χ4v) is 2.01. The highest BCUT2D eigenvalue weighted by Crippen LogP contribution is 2.35. The highest BCUT2D eigenvalue weighted by Gasteiger charge is 2.17. The van der Waals surface area contributed by atoms with Crippen LogP contribution in [0.1, 0.15) is 5.56 Å². The van der Waals surface area contributed by atoms with Crippen LogP contribution in [0.3, 0.4) is 0 Å². The maximum absolute atomic E-state index is 13.3. The van der Waals surface area contributed by atoms with Gasteiger partial charge in [-0.2, -0.15) is 0 Å². The van der Waals surface area contributed by atoms with Crippen LogP contribution in [-0.4, -0.2) is 24.0 Å². The highest BCUT2D eigenvalue weighted by molar-refractivity contribution is 6.58. The van der Waals surface area contributed by atoms with E-state index in [2.05, 4.69) is 0 Å². The SMILES string of the molecule is OB(O)c1cc(COc2ccc3c(c2)OCO3)ccc1F. The van der Waals surface area contributed by atoms with Crippen molar-refractivity contribution in [2.24, 2.45) is 0 Å². The van der Waals surface area contributed by atoms with Gasteiger partial charge in [0.1, 0.15) is 18.2 Å². The maximum Gasteiger partial charge on any atom is 0.491 e. The van der Waals surface area contributed by atoms with Crippen molar-refractivity contribution < 1.29 is 28.6 Å². The Morgan fingerprint density at radius 3 is 2.71 bits per heavy atom. The van der Waals surface area contributed by atoms with Crippen LogP contribution in [0, 0.1) is 5.82 Å². The molecule has 1 aliphatic heterocycles. The summed E-state index contributed by atoms with van der Waals surface area (Å²) in [7, 11) is -1.85. The Bertz CT molecular complexity index is 662. The standard InChI is InChI=1S/C14H12BFO5/c16-12-3-1-9(5-11(12)15(17)18)7-19-10-2-4-13-14(6-10)21-8-20-13/h1-6,17-18H,7-8H2. The van der Waals surface area contributed by atoms with Crippen LogP contribution < -0.4 is 19.7 Å². The van der Waals surface area contributed by atoms with E-state index < -0.39 is 12.9 Å². The molecule has 2 N–H and O–H groups in total. The van der Waals surface area contributed by atoms with E-state index in [0.717, 1.165) is 0 Å². The minimum absolute atomic E-state index is 0.166. The van der Waals surface area contributed by atoms with Crippen molar-refractivity contribution in [2.45, 2.75) is 6.61 Å². The molecule has 0 unspecified atom stereocenters. The fourth-order valence-electron chi connectivity index (χ4n) is 2.01. The summed E-state index contributed by atoms with van der Waals surface area (Å²) >= 11 is 0. The number of halogens is 1. The Morgan fingerprint density at radius 1 is 1.10 bits per heavy atom. The van der Waals surface area contributed by atoms with Gasteiger partial charge in [-0.05, 0) is 23.8 Å². The maximum atomic E-state index is 13.3. The molecule has 7 heteroatoms. The molecule has 0 aliphatic carbocycles. The van der Waals surface area contributed by atoms with E-state index in [-0.39, 0.29) is 18.9 Å². The summed E-state index contributed by atoms with van der Waals surface area (Å²) in [4.78, 5) is 0. The average molecular weight is 290 g/mol. The number of benzene rings is 2. The van der Waals surface area contributed by atoms with E-state index in [1.807, 2.05) is 0 Å². The molecule has 5 nitrogen and oxygen atoms in total. The van der Waals surface area contributed by atoms with Gasteiger partial charge < -0.3 is 24.3 Å². The summed E-state index contributed by atoms with van der Waals surface area (Å²) < 4.78 is 29.3. The van der Waals surface area contributed by atoms with Crippen molar-refractivity contribution in [1.29, 1.82) is 0 Å². The van der Waals surface area contributed by atoms with Crippen molar-refractivity contribution in [3.63, 3.8) is 0 Å². The molecule has 0 atom stereocenters. The van der Waals surface area contributed by atoms with Gasteiger partial charge >= 0.3 is 7.12 Å². The van der Waals surface area contributed by atoms with Crippen molar-refractivity contribution in [1.82, 2.24) is 0 Å². The lowest BCUT2D eigenvalue weighted by atomic mass is 9.79. The van der Waals surface area contributed by atoms with Crippen molar-refractivity contribution >= 4 is 12.6 Å². The summed E-state index contributed by atoms with van der Waals surface area (Å²) in [5.74, 6) is 1.18. The average Bonchev–Trinajstić information content (AvgIpc) is 2.93. The van der Waals surface area contributed by atoms with Gasteiger partial charge in [0.05, 0.1) is 0 Å². The van der Waals surface area contributed by atoms with E-state index in [0.29, 0.717) is 22.8 Å². The van der Waals surface area contributed by atoms with E-state index in [1.54, 1.807) is 18.2 Å². The quantitative estimate of drug-likeness (QED) is 0.816. The molecule has 2 aromatic carbocycles. The lowest BCUT2D eigenvalue weighted by Gasteiger charge is -2.09. The lowest BCUT2D eigenvalue weighted by Crippen LogP contribution is -2.33. The molecule has 0 radical (unpaired) electrons. The lowest BCUT2D eigenvalue weighted by molar-refractivity contribution is 0.173. The molecule has 0 saturated heterocycles. The first kappa shape index (κ1) is 13.7. The number of hydrogen-bond acceptors (Lipinski definition) is 5. The molecule has 3 rings (SSSR count). The van der Waals surface area contributed by atoms with E-state index in [1.165, 1.54) is 18.2 Å². The van der Waals surface area contributed by atoms with Gasteiger partial charge in [-0.1, -0.05) is 12.1 Å². The van der Waals surface area contributed by atoms with Crippen molar-refractivity contribution in [3.8, 4) is 17.2 Å². The summed E-state index contributed by atoms with van der Waals surface area (Å²) in [5.41, 5.74) is 0.443. The first-order valence-electron chi connectivity index (χ1n) is 6.30. The molecule has 0 fully saturated rings. The van der Waals surface area contributed by atoms with Crippen LogP contribution in [0.5, 0.6) is 17.2 Å². The zero-order valence-corrected chi connectivity index (χ0v) is 11.0. The molecule has 2 aromatic rings. The van der Waals surface area contributed by atoms with Crippen LogP contribution in [0.4, 0.5) is 4.39 Å². The van der Waals surface area contributed by atoms with E-state index in [9.17, 15) is 4.39 Å². The molecule has 1 aliphatic rings. The number of hydrogen-bond donors (Lipinski definition) is 2. The third-order valence-corrected chi connectivity index (χ3v) is 3.09. The minimum Gasteiger partial charge on any atom is -0.489 e. The third kappa shape index (κ3) is 2.93. The Morgan fingerprint density at radius 2 is 1.90 bits per heavy atom. The first-order valence-corrected chi connectivity index (χ1v) is 6.30. The van der Waals surface area contributed by atoms with Crippen LogP contribution in [0.25, 0.3) is 0 Å². The monoisotopic (exact) mass is 290 g/mol.